The smallest absolute Gasteiger partial charge is 0.306 e. The molecule has 0 unspecified atom stereocenters. The molecule has 4 aliphatic rings. The summed E-state index contributed by atoms with van der Waals surface area (Å²) in [5, 5.41) is 0. The molecule has 0 heterocycles. The first-order chi connectivity index (χ1) is 14.8. The Kier molecular flexibility index (Phi) is 6.93. The van der Waals surface area contributed by atoms with Gasteiger partial charge in [0, 0.05) is 24.2 Å². The molecule has 174 valence electrons. The number of ether oxygens (including phenoxy) is 1. The molecule has 8 atom stereocenters. The predicted octanol–water partition coefficient (Wildman–Crippen LogP) is 6.59. The number of unbranched alkanes of at least 4 members (excludes halogenated alkanes) is 4. The van der Waals surface area contributed by atoms with E-state index in [9.17, 15) is 9.59 Å². The second-order valence-electron chi connectivity index (χ2n) is 11.2. The molecule has 31 heavy (non-hydrogen) atoms. The average molecular weight is 433 g/mol. The van der Waals surface area contributed by atoms with Crippen LogP contribution < -0.4 is 0 Å². The van der Waals surface area contributed by atoms with E-state index >= 15 is 4.39 Å². The molecule has 0 radical (unpaired) electrons. The fourth-order valence-corrected chi connectivity index (χ4v) is 7.82. The van der Waals surface area contributed by atoms with Crippen molar-refractivity contribution in [1.82, 2.24) is 0 Å². The van der Waals surface area contributed by atoms with Crippen molar-refractivity contribution in [1.29, 1.82) is 0 Å². The maximum absolute atomic E-state index is 15.8. The van der Waals surface area contributed by atoms with Crippen LogP contribution in [0, 0.1) is 35.0 Å². The van der Waals surface area contributed by atoms with Crippen LogP contribution in [-0.2, 0) is 14.3 Å². The Balaban J connectivity index is 1.44. The second-order valence-corrected chi connectivity index (χ2v) is 11.2. The topological polar surface area (TPSA) is 43.4 Å². The van der Waals surface area contributed by atoms with Crippen LogP contribution in [0.15, 0.2) is 11.6 Å². The summed E-state index contributed by atoms with van der Waals surface area (Å²) in [4.78, 5) is 24.5. The molecule has 0 aromatic rings. The highest BCUT2D eigenvalue weighted by atomic mass is 19.1. The Morgan fingerprint density at radius 3 is 2.71 bits per heavy atom. The van der Waals surface area contributed by atoms with E-state index in [0.29, 0.717) is 37.0 Å². The molecule has 3 fully saturated rings. The number of carbonyl (C=O) groups excluding carboxylic acids is 2. The summed E-state index contributed by atoms with van der Waals surface area (Å²) >= 11 is 0. The van der Waals surface area contributed by atoms with Gasteiger partial charge < -0.3 is 4.74 Å². The van der Waals surface area contributed by atoms with E-state index in [1.807, 2.05) is 6.08 Å². The number of hydrogen-bond donors (Lipinski definition) is 0. The van der Waals surface area contributed by atoms with Crippen molar-refractivity contribution in [2.24, 2.45) is 35.0 Å². The number of alkyl halides is 1. The summed E-state index contributed by atoms with van der Waals surface area (Å²) in [5.41, 5.74) is 0.957. The van der Waals surface area contributed by atoms with Crippen molar-refractivity contribution in [3.05, 3.63) is 11.6 Å². The minimum Gasteiger partial charge on any atom is -0.462 e. The lowest BCUT2D eigenvalue weighted by atomic mass is 9.49. The molecule has 0 spiro atoms. The van der Waals surface area contributed by atoms with Crippen LogP contribution in [0.2, 0.25) is 0 Å². The third kappa shape index (κ3) is 4.37. The zero-order chi connectivity index (χ0) is 22.2. The minimum absolute atomic E-state index is 0.0363. The van der Waals surface area contributed by atoms with Crippen LogP contribution in [0.5, 0.6) is 0 Å². The molecule has 0 saturated heterocycles. The maximum atomic E-state index is 15.8. The number of ketones is 1. The Hall–Kier alpha value is -1.19. The molecule has 3 saturated carbocycles. The predicted molar refractivity (Wildman–Crippen MR) is 120 cm³/mol. The van der Waals surface area contributed by atoms with Gasteiger partial charge in [-0.3, -0.25) is 9.59 Å². The van der Waals surface area contributed by atoms with Gasteiger partial charge in [-0.2, -0.15) is 0 Å². The molecular formula is C27H41FO3. The maximum Gasteiger partial charge on any atom is 0.306 e. The summed E-state index contributed by atoms with van der Waals surface area (Å²) in [7, 11) is 0. The number of halogens is 1. The molecule has 0 aromatic carbocycles. The van der Waals surface area contributed by atoms with Gasteiger partial charge in [-0.15, -0.1) is 0 Å². The molecule has 0 aromatic heterocycles. The van der Waals surface area contributed by atoms with Gasteiger partial charge in [0.25, 0.3) is 0 Å². The third-order valence-electron chi connectivity index (χ3n) is 9.25. The van der Waals surface area contributed by atoms with Crippen molar-refractivity contribution in [3.63, 3.8) is 0 Å². The largest absolute Gasteiger partial charge is 0.462 e. The van der Waals surface area contributed by atoms with Crippen molar-refractivity contribution in [2.45, 2.75) is 110 Å². The molecule has 0 aliphatic heterocycles. The number of allylic oxidation sites excluding steroid dienone is 1. The standard InChI is InChI=1S/C27H41FO3/c1-4-5-6-7-8-9-24(30)31-23-13-12-21-25-17(2)14-18-15-19(29)10-11-20(18)26(25)22(28)16-27(21,23)3/h15,17,20-23,25-26H,4-14,16H2,1-3H3/t17-,20+,21+,22+,23+,25+,26+,27+/m1/s1. The fourth-order valence-electron chi connectivity index (χ4n) is 7.82. The van der Waals surface area contributed by atoms with Crippen molar-refractivity contribution in [2.75, 3.05) is 0 Å². The molecule has 3 nitrogen and oxygen atoms in total. The van der Waals surface area contributed by atoms with Crippen molar-refractivity contribution >= 4 is 11.8 Å². The van der Waals surface area contributed by atoms with Gasteiger partial charge in [0.1, 0.15) is 12.3 Å². The SMILES string of the molecule is CCCCCCCC(=O)O[C@H]1CC[C@H]2[C@H]3[C@H]([C@@H](F)C[C@]12C)[C@H]1CCC(=O)C=C1C[C@H]3C. The van der Waals surface area contributed by atoms with E-state index in [2.05, 4.69) is 20.8 Å². The Labute approximate surface area is 187 Å². The van der Waals surface area contributed by atoms with Crippen LogP contribution in [0.25, 0.3) is 0 Å². The number of fused-ring (bicyclic) bond motifs is 5. The van der Waals surface area contributed by atoms with Gasteiger partial charge in [0.05, 0.1) is 0 Å². The lowest BCUT2D eigenvalue weighted by Gasteiger charge is -2.56. The summed E-state index contributed by atoms with van der Waals surface area (Å²) in [5.74, 6) is 1.54. The van der Waals surface area contributed by atoms with Gasteiger partial charge in [-0.05, 0) is 68.3 Å². The first-order valence-corrected chi connectivity index (χ1v) is 12.9. The molecule has 4 rings (SSSR count). The van der Waals surface area contributed by atoms with E-state index < -0.39 is 6.17 Å². The zero-order valence-electron chi connectivity index (χ0n) is 19.7. The monoisotopic (exact) mass is 432 g/mol. The van der Waals surface area contributed by atoms with E-state index in [1.54, 1.807) is 0 Å². The van der Waals surface area contributed by atoms with E-state index in [1.165, 1.54) is 24.8 Å². The summed E-state index contributed by atoms with van der Waals surface area (Å²) in [6.45, 7) is 6.63. The van der Waals surface area contributed by atoms with E-state index in [4.69, 9.17) is 4.74 Å². The van der Waals surface area contributed by atoms with Crippen LogP contribution >= 0.6 is 0 Å². The lowest BCUT2D eigenvalue weighted by molar-refractivity contribution is -0.164. The number of esters is 1. The first-order valence-electron chi connectivity index (χ1n) is 12.9. The van der Waals surface area contributed by atoms with Gasteiger partial charge in [0.15, 0.2) is 5.78 Å². The summed E-state index contributed by atoms with van der Waals surface area (Å²) in [6, 6.07) is 0. The molecular weight excluding hydrogens is 391 g/mol. The molecule has 0 amide bonds. The molecule has 4 aliphatic carbocycles. The Morgan fingerprint density at radius 1 is 1.16 bits per heavy atom. The van der Waals surface area contributed by atoms with Crippen LogP contribution in [0.4, 0.5) is 4.39 Å². The number of carbonyl (C=O) groups is 2. The molecule has 0 bridgehead atoms. The molecule has 4 heteroatoms. The highest BCUT2D eigenvalue weighted by molar-refractivity contribution is 5.91. The van der Waals surface area contributed by atoms with Gasteiger partial charge in [0.2, 0.25) is 0 Å². The number of rotatable bonds is 7. The quantitative estimate of drug-likeness (QED) is 0.336. The second kappa shape index (κ2) is 9.35. The lowest BCUT2D eigenvalue weighted by Crippen LogP contribution is -2.55. The Bertz CT molecular complexity index is 715. The zero-order valence-corrected chi connectivity index (χ0v) is 19.7. The summed E-state index contributed by atoms with van der Waals surface area (Å²) < 4.78 is 21.8. The number of hydrogen-bond acceptors (Lipinski definition) is 3. The highest BCUT2D eigenvalue weighted by Crippen LogP contribution is 2.64. The Morgan fingerprint density at radius 2 is 1.94 bits per heavy atom. The summed E-state index contributed by atoms with van der Waals surface area (Å²) in [6.07, 6.45) is 11.6. The first kappa shape index (κ1) is 23.0. The van der Waals surface area contributed by atoms with Crippen LogP contribution in [0.3, 0.4) is 0 Å². The normalized spacial score (nSPS) is 41.7. The third-order valence-corrected chi connectivity index (χ3v) is 9.25. The van der Waals surface area contributed by atoms with E-state index in [-0.39, 0.29) is 35.1 Å². The average Bonchev–Trinajstić information content (AvgIpc) is 3.02. The van der Waals surface area contributed by atoms with Crippen LogP contribution in [-0.4, -0.2) is 24.0 Å². The van der Waals surface area contributed by atoms with E-state index in [0.717, 1.165) is 38.5 Å². The van der Waals surface area contributed by atoms with Gasteiger partial charge in [-0.25, -0.2) is 4.39 Å². The van der Waals surface area contributed by atoms with Crippen molar-refractivity contribution in [3.8, 4) is 0 Å². The highest BCUT2D eigenvalue weighted by Gasteiger charge is 2.62. The van der Waals surface area contributed by atoms with Crippen molar-refractivity contribution < 1.29 is 18.7 Å². The van der Waals surface area contributed by atoms with Crippen LogP contribution in [0.1, 0.15) is 97.8 Å². The van der Waals surface area contributed by atoms with Gasteiger partial charge >= 0.3 is 5.97 Å². The fraction of sp³-hybridized carbons (Fsp3) is 0.852. The van der Waals surface area contributed by atoms with Gasteiger partial charge in [-0.1, -0.05) is 52.0 Å². The minimum atomic E-state index is -0.871. The molecule has 0 N–H and O–H groups in total.